The molecule has 0 spiro atoms. The number of amides is 2. The Morgan fingerprint density at radius 3 is 2.20 bits per heavy atom. The van der Waals surface area contributed by atoms with E-state index in [0.29, 0.717) is 16.8 Å². The first-order valence-corrected chi connectivity index (χ1v) is 17.5. The summed E-state index contributed by atoms with van der Waals surface area (Å²) in [6, 6.07) is 12.2. The molecule has 0 aliphatic carbocycles. The number of carbonyl (C=O) groups excluding carboxylic acids is 2. The fourth-order valence-electron chi connectivity index (χ4n) is 4.27. The van der Waals surface area contributed by atoms with Crippen LogP contribution in [-0.2, 0) is 27.0 Å². The number of aromatic nitrogens is 2. The largest absolute Gasteiger partial charge is 0.444 e. The molecule has 13 heteroatoms. The van der Waals surface area contributed by atoms with Gasteiger partial charge in [-0.15, -0.1) is 0 Å². The minimum absolute atomic E-state index is 0.0901. The van der Waals surface area contributed by atoms with Crippen molar-refractivity contribution in [3.8, 4) is 11.3 Å². The summed E-state index contributed by atoms with van der Waals surface area (Å²) in [5, 5.41) is 4.43. The Kier molecular flexibility index (Phi) is 11.4. The molecule has 2 aromatic heterocycles. The van der Waals surface area contributed by atoms with E-state index in [4.69, 9.17) is 9.16 Å². The van der Waals surface area contributed by atoms with E-state index in [1.807, 2.05) is 20.8 Å². The number of hydrogen-bond donors (Lipinski definition) is 3. The maximum atomic E-state index is 14.5. The summed E-state index contributed by atoms with van der Waals surface area (Å²) in [6.07, 6.45) is -5.39. The van der Waals surface area contributed by atoms with Gasteiger partial charge < -0.3 is 19.5 Å². The zero-order valence-electron chi connectivity index (χ0n) is 26.5. The quantitative estimate of drug-likeness (QED) is 0.197. The first kappa shape index (κ1) is 35.5. The Morgan fingerprint density at radius 1 is 1.02 bits per heavy atom. The van der Waals surface area contributed by atoms with Gasteiger partial charge in [-0.05, 0) is 58.9 Å². The minimum Gasteiger partial charge on any atom is -0.444 e. The number of anilines is 1. The van der Waals surface area contributed by atoms with Crippen LogP contribution in [-0.4, -0.2) is 48.6 Å². The number of benzene rings is 1. The van der Waals surface area contributed by atoms with Crippen molar-refractivity contribution in [3.05, 3.63) is 82.4 Å². The van der Waals surface area contributed by atoms with Crippen molar-refractivity contribution in [1.29, 1.82) is 0 Å². The summed E-state index contributed by atoms with van der Waals surface area (Å²) in [5.74, 6) is -1.43. The smallest absolute Gasteiger partial charge is 0.415 e. The van der Waals surface area contributed by atoms with Gasteiger partial charge in [0, 0.05) is 18.1 Å². The molecule has 45 heavy (non-hydrogen) atoms. The van der Waals surface area contributed by atoms with Crippen molar-refractivity contribution in [3.63, 3.8) is 0 Å². The standard InChI is InChI=1S/C32H41F3N4O5Si/c1-20(2)26(28(32(33,34)35)44-45(6,7)31(3,4)5)38-25(40)18-23-17-24(22-11-9-8-10-12-22)37-29(41)27(23)39-30(42)43-19-21-13-15-36-16-14-21/h8-17,20,26,28H,18-19H2,1-7H3,(H,37,41)(H,38,40)(H,39,42). The number of nitrogens with one attached hydrogen (secondary N) is 3. The second kappa shape index (κ2) is 14.4. The van der Waals surface area contributed by atoms with Crippen LogP contribution < -0.4 is 16.2 Å². The number of H-pyrrole nitrogens is 1. The van der Waals surface area contributed by atoms with Gasteiger partial charge in [0.05, 0.1) is 12.5 Å². The highest BCUT2D eigenvalue weighted by Crippen LogP contribution is 2.41. The maximum absolute atomic E-state index is 14.5. The molecule has 0 bridgehead atoms. The number of alkyl halides is 3. The van der Waals surface area contributed by atoms with Crippen LogP contribution >= 0.6 is 0 Å². The first-order valence-electron chi connectivity index (χ1n) is 14.6. The number of aromatic amines is 1. The molecular weight excluding hydrogens is 605 g/mol. The number of carbonyl (C=O) groups is 2. The fourth-order valence-corrected chi connectivity index (χ4v) is 5.54. The normalized spacial score (nSPS) is 13.7. The van der Waals surface area contributed by atoms with E-state index >= 15 is 0 Å². The molecule has 2 atom stereocenters. The van der Waals surface area contributed by atoms with Gasteiger partial charge >= 0.3 is 12.3 Å². The van der Waals surface area contributed by atoms with Gasteiger partial charge in [0.2, 0.25) is 5.91 Å². The van der Waals surface area contributed by atoms with E-state index < -0.39 is 61.6 Å². The first-order chi connectivity index (χ1) is 20.9. The molecule has 3 aromatic rings. The summed E-state index contributed by atoms with van der Waals surface area (Å²) in [6.45, 7) is 12.0. The van der Waals surface area contributed by atoms with Crippen molar-refractivity contribution in [2.75, 3.05) is 5.32 Å². The predicted octanol–water partition coefficient (Wildman–Crippen LogP) is 6.82. The molecule has 1 aromatic carbocycles. The van der Waals surface area contributed by atoms with Gasteiger partial charge in [0.1, 0.15) is 12.3 Å². The highest BCUT2D eigenvalue weighted by atomic mass is 28.4. The number of pyridine rings is 2. The molecule has 244 valence electrons. The van der Waals surface area contributed by atoms with Crippen molar-refractivity contribution in [2.45, 2.75) is 84.1 Å². The molecule has 0 saturated heterocycles. The van der Waals surface area contributed by atoms with Crippen LogP contribution in [0, 0.1) is 5.92 Å². The van der Waals surface area contributed by atoms with Crippen LogP contribution in [0.15, 0.2) is 65.7 Å². The lowest BCUT2D eigenvalue weighted by atomic mass is 9.97. The molecular formula is C32H41F3N4O5Si. The second-order valence-electron chi connectivity index (χ2n) is 12.7. The number of rotatable bonds is 11. The number of halogens is 3. The summed E-state index contributed by atoms with van der Waals surface area (Å²) in [5.41, 5.74) is 0.765. The third kappa shape index (κ3) is 9.76. The van der Waals surface area contributed by atoms with Crippen LogP contribution in [0.5, 0.6) is 0 Å². The highest BCUT2D eigenvalue weighted by Gasteiger charge is 2.52. The molecule has 0 radical (unpaired) electrons. The zero-order chi connectivity index (χ0) is 33.6. The lowest BCUT2D eigenvalue weighted by molar-refractivity contribution is -0.210. The molecule has 2 heterocycles. The number of nitrogens with zero attached hydrogens (tertiary/aromatic N) is 1. The highest BCUT2D eigenvalue weighted by molar-refractivity contribution is 6.74. The average Bonchev–Trinajstić information content (AvgIpc) is 2.95. The van der Waals surface area contributed by atoms with E-state index in [0.717, 1.165) is 0 Å². The number of hydrogen-bond acceptors (Lipinski definition) is 6. The molecule has 0 aliphatic heterocycles. The Balaban J connectivity index is 1.93. The summed E-state index contributed by atoms with van der Waals surface area (Å²) < 4.78 is 54.5. The minimum atomic E-state index is -4.76. The zero-order valence-corrected chi connectivity index (χ0v) is 27.5. The van der Waals surface area contributed by atoms with E-state index in [1.54, 1.807) is 69.4 Å². The van der Waals surface area contributed by atoms with E-state index in [9.17, 15) is 27.6 Å². The van der Waals surface area contributed by atoms with Gasteiger partial charge in [-0.2, -0.15) is 13.2 Å². The van der Waals surface area contributed by atoms with Crippen molar-refractivity contribution in [1.82, 2.24) is 15.3 Å². The summed E-state index contributed by atoms with van der Waals surface area (Å²) in [4.78, 5) is 45.9. The lowest BCUT2D eigenvalue weighted by Gasteiger charge is -2.42. The van der Waals surface area contributed by atoms with Gasteiger partial charge in [-0.25, -0.2) is 4.79 Å². The molecule has 9 nitrogen and oxygen atoms in total. The van der Waals surface area contributed by atoms with Crippen LogP contribution in [0.1, 0.15) is 45.7 Å². The third-order valence-corrected chi connectivity index (χ3v) is 12.3. The van der Waals surface area contributed by atoms with Crippen LogP contribution in [0.2, 0.25) is 18.1 Å². The second-order valence-corrected chi connectivity index (χ2v) is 17.4. The van der Waals surface area contributed by atoms with E-state index in [1.165, 1.54) is 18.5 Å². The molecule has 0 aliphatic rings. The Hall–Kier alpha value is -3.97. The van der Waals surface area contributed by atoms with Crippen molar-refractivity contribution >= 4 is 26.0 Å². The molecule has 2 unspecified atom stereocenters. The van der Waals surface area contributed by atoms with Gasteiger partial charge in [0.25, 0.3) is 5.56 Å². The van der Waals surface area contributed by atoms with E-state index in [-0.39, 0.29) is 17.9 Å². The van der Waals surface area contributed by atoms with Gasteiger partial charge in [-0.3, -0.25) is 19.9 Å². The molecule has 2 amide bonds. The van der Waals surface area contributed by atoms with Crippen molar-refractivity contribution < 1.29 is 31.9 Å². The van der Waals surface area contributed by atoms with Crippen LogP contribution in [0.3, 0.4) is 0 Å². The Bertz CT molecular complexity index is 1510. The molecule has 3 rings (SSSR count). The number of ether oxygens (including phenoxy) is 1. The Labute approximate surface area is 262 Å². The summed E-state index contributed by atoms with van der Waals surface area (Å²) >= 11 is 0. The van der Waals surface area contributed by atoms with E-state index in [2.05, 4.69) is 20.6 Å². The molecule has 0 saturated carbocycles. The van der Waals surface area contributed by atoms with Gasteiger partial charge in [-0.1, -0.05) is 65.0 Å². The van der Waals surface area contributed by atoms with Crippen LogP contribution in [0.4, 0.5) is 23.7 Å². The van der Waals surface area contributed by atoms with Gasteiger partial charge in [0.15, 0.2) is 14.4 Å². The Morgan fingerprint density at radius 2 is 1.64 bits per heavy atom. The monoisotopic (exact) mass is 646 g/mol. The van der Waals surface area contributed by atoms with Crippen molar-refractivity contribution in [2.24, 2.45) is 5.92 Å². The molecule has 0 fully saturated rings. The molecule has 3 N–H and O–H groups in total. The lowest BCUT2D eigenvalue weighted by Crippen LogP contribution is -2.59. The third-order valence-electron chi connectivity index (χ3n) is 7.82. The SMILES string of the molecule is CC(C)C(NC(=O)Cc1cc(-c2ccccc2)[nH]c(=O)c1NC(=O)OCc1ccncc1)C(O[Si](C)(C)C(C)(C)C)C(F)(F)F. The van der Waals surface area contributed by atoms with Crippen LogP contribution in [0.25, 0.3) is 11.3 Å². The maximum Gasteiger partial charge on any atom is 0.415 e. The predicted molar refractivity (Wildman–Crippen MR) is 169 cm³/mol. The average molecular weight is 647 g/mol. The topological polar surface area (TPSA) is 122 Å². The fraction of sp³-hybridized carbons (Fsp3) is 0.438. The summed E-state index contributed by atoms with van der Waals surface area (Å²) in [7, 11) is -2.91.